The number of thiazole rings is 1. The topological polar surface area (TPSA) is 107 Å². The average molecular weight is 446 g/mol. The van der Waals surface area contributed by atoms with Crippen molar-refractivity contribution in [2.75, 3.05) is 24.3 Å². The molecule has 0 aliphatic rings. The van der Waals surface area contributed by atoms with Crippen LogP contribution in [0.4, 0.5) is 20.0 Å². The van der Waals surface area contributed by atoms with Gasteiger partial charge in [0.2, 0.25) is 5.06 Å². The highest BCUT2D eigenvalue weighted by atomic mass is 32.2. The van der Waals surface area contributed by atoms with E-state index in [4.69, 9.17) is 10.00 Å². The van der Waals surface area contributed by atoms with E-state index in [-0.39, 0.29) is 16.4 Å². The first-order valence-corrected chi connectivity index (χ1v) is 10.4. The molecule has 0 bridgehead atoms. The van der Waals surface area contributed by atoms with Crippen molar-refractivity contribution < 1.29 is 18.1 Å². The number of amides is 2. The molecule has 3 rings (SSSR count). The molecule has 0 saturated carbocycles. The smallest absolute Gasteiger partial charge is 0.327 e. The Morgan fingerprint density at radius 3 is 2.87 bits per heavy atom. The Kier molecular flexibility index (Phi) is 6.73. The van der Waals surface area contributed by atoms with Crippen molar-refractivity contribution >= 4 is 39.2 Å². The van der Waals surface area contributed by atoms with Gasteiger partial charge < -0.3 is 4.74 Å². The van der Waals surface area contributed by atoms with E-state index in [1.54, 1.807) is 38.4 Å². The summed E-state index contributed by atoms with van der Waals surface area (Å²) in [5.41, 5.74) is 0.677. The first-order chi connectivity index (χ1) is 14.4. The van der Waals surface area contributed by atoms with E-state index in [2.05, 4.69) is 15.0 Å². The average Bonchev–Trinajstić information content (AvgIpc) is 3.18. The van der Waals surface area contributed by atoms with Gasteiger partial charge >= 0.3 is 6.03 Å². The van der Waals surface area contributed by atoms with E-state index in [0.717, 1.165) is 23.5 Å². The van der Waals surface area contributed by atoms with E-state index < -0.39 is 22.8 Å². The molecule has 1 atom stereocenters. The summed E-state index contributed by atoms with van der Waals surface area (Å²) >= 11 is 1.04. The van der Waals surface area contributed by atoms with Crippen molar-refractivity contribution in [2.45, 2.75) is 4.90 Å². The molecule has 1 unspecified atom stereocenters. The predicted octanol–water partition coefficient (Wildman–Crippen LogP) is 3.86. The lowest BCUT2D eigenvalue weighted by molar-refractivity contribution is 0.258. The highest BCUT2D eigenvalue weighted by molar-refractivity contribution is 7.83. The molecule has 0 aliphatic heterocycles. The summed E-state index contributed by atoms with van der Waals surface area (Å²) in [6.07, 6.45) is 1.38. The molecule has 2 amide bonds. The van der Waals surface area contributed by atoms with Crippen LogP contribution in [0.3, 0.4) is 0 Å². The number of ether oxygens (including phenoxy) is 1. The van der Waals surface area contributed by atoms with Crippen molar-refractivity contribution in [1.29, 1.82) is 5.26 Å². The maximum Gasteiger partial charge on any atom is 0.327 e. The van der Waals surface area contributed by atoms with Crippen LogP contribution in [0.25, 0.3) is 0 Å². The Labute approximate surface area is 178 Å². The Morgan fingerprint density at radius 1 is 1.33 bits per heavy atom. The molecule has 0 spiro atoms. The third-order valence-corrected chi connectivity index (χ3v) is 5.67. The molecular formula is C19H16FN5O3S2. The fraction of sp³-hybridized carbons (Fsp3) is 0.105. The molecule has 1 heterocycles. The molecule has 0 radical (unpaired) electrons. The van der Waals surface area contributed by atoms with Crippen molar-refractivity contribution in [3.05, 3.63) is 60.0 Å². The van der Waals surface area contributed by atoms with E-state index in [0.29, 0.717) is 15.6 Å². The third kappa shape index (κ3) is 5.18. The molecule has 0 fully saturated rings. The zero-order chi connectivity index (χ0) is 21.7. The zero-order valence-electron chi connectivity index (χ0n) is 15.9. The number of hydrogen-bond acceptors (Lipinski definition) is 6. The van der Waals surface area contributed by atoms with Crippen LogP contribution in [0.1, 0.15) is 5.56 Å². The number of carbonyl (C=O) groups is 1. The SMILES string of the molecule is CNS(=O)c1cccc(N(C)C(=O)Nc2ncc(Oc3cc(F)cc(C#N)c3)s2)c1. The number of hydrogen-bond donors (Lipinski definition) is 2. The lowest BCUT2D eigenvalue weighted by Gasteiger charge is -2.17. The predicted molar refractivity (Wildman–Crippen MR) is 113 cm³/mol. The standard InChI is InChI=1S/C19H16FN5O3S2/c1-22-30(27)16-5-3-4-14(9-16)25(2)19(26)24-18-23-11-17(29-18)28-15-7-12(10-21)6-13(20)8-15/h3-9,11,22H,1-2H3,(H,23,24,26). The Morgan fingerprint density at radius 2 is 2.13 bits per heavy atom. The van der Waals surface area contributed by atoms with Gasteiger partial charge in [-0.3, -0.25) is 10.2 Å². The summed E-state index contributed by atoms with van der Waals surface area (Å²) in [7, 11) is 1.77. The van der Waals surface area contributed by atoms with Gasteiger partial charge in [-0.15, -0.1) is 0 Å². The van der Waals surface area contributed by atoms with Crippen LogP contribution in [-0.2, 0) is 11.0 Å². The van der Waals surface area contributed by atoms with E-state index in [9.17, 15) is 13.4 Å². The summed E-state index contributed by atoms with van der Waals surface area (Å²) < 4.78 is 33.6. The summed E-state index contributed by atoms with van der Waals surface area (Å²) in [5.74, 6) is -0.440. The van der Waals surface area contributed by atoms with Gasteiger partial charge in [0.15, 0.2) is 5.13 Å². The highest BCUT2D eigenvalue weighted by Gasteiger charge is 2.15. The molecule has 154 valence electrons. The van der Waals surface area contributed by atoms with Crippen LogP contribution in [-0.4, -0.2) is 29.3 Å². The van der Waals surface area contributed by atoms with Crippen molar-refractivity contribution in [1.82, 2.24) is 9.71 Å². The Balaban J connectivity index is 1.68. The van der Waals surface area contributed by atoms with Gasteiger partial charge in [0.05, 0.1) is 22.7 Å². The Bertz CT molecular complexity index is 1150. The molecule has 0 aliphatic carbocycles. The molecule has 8 nitrogen and oxygen atoms in total. The molecule has 0 saturated heterocycles. The lowest BCUT2D eigenvalue weighted by atomic mass is 10.2. The second kappa shape index (κ2) is 9.45. The number of nitriles is 1. The number of anilines is 2. The van der Waals surface area contributed by atoms with Crippen LogP contribution in [0.15, 0.2) is 53.6 Å². The largest absolute Gasteiger partial charge is 0.445 e. The van der Waals surface area contributed by atoms with Crippen LogP contribution in [0.5, 0.6) is 10.8 Å². The van der Waals surface area contributed by atoms with E-state index in [1.807, 2.05) is 6.07 Å². The summed E-state index contributed by atoms with van der Waals surface area (Å²) in [4.78, 5) is 18.5. The van der Waals surface area contributed by atoms with Gasteiger partial charge in [-0.05, 0) is 37.4 Å². The van der Waals surface area contributed by atoms with Gasteiger partial charge in [-0.2, -0.15) is 5.26 Å². The fourth-order valence-corrected chi connectivity index (χ4v) is 3.73. The summed E-state index contributed by atoms with van der Waals surface area (Å²) in [5, 5.41) is 12.1. The number of carbonyl (C=O) groups excluding carboxylic acids is 1. The van der Waals surface area contributed by atoms with Gasteiger partial charge in [-0.25, -0.2) is 23.1 Å². The lowest BCUT2D eigenvalue weighted by Crippen LogP contribution is -2.31. The fourth-order valence-electron chi connectivity index (χ4n) is 2.38. The molecule has 3 aromatic rings. The van der Waals surface area contributed by atoms with Gasteiger partial charge in [0.1, 0.15) is 22.6 Å². The van der Waals surface area contributed by atoms with Crippen LogP contribution in [0.2, 0.25) is 0 Å². The monoisotopic (exact) mass is 445 g/mol. The minimum Gasteiger partial charge on any atom is -0.445 e. The normalized spacial score (nSPS) is 11.4. The number of rotatable bonds is 6. The Hall–Kier alpha value is -3.33. The molecular weight excluding hydrogens is 429 g/mol. The van der Waals surface area contributed by atoms with E-state index in [1.165, 1.54) is 17.2 Å². The third-order valence-electron chi connectivity index (χ3n) is 3.83. The van der Waals surface area contributed by atoms with Gasteiger partial charge in [0.25, 0.3) is 0 Å². The van der Waals surface area contributed by atoms with Crippen LogP contribution >= 0.6 is 11.3 Å². The van der Waals surface area contributed by atoms with Gasteiger partial charge in [0, 0.05) is 18.8 Å². The minimum absolute atomic E-state index is 0.131. The van der Waals surface area contributed by atoms with Crippen molar-refractivity contribution in [3.63, 3.8) is 0 Å². The van der Waals surface area contributed by atoms with Crippen LogP contribution in [0, 0.1) is 17.1 Å². The number of halogens is 1. The number of benzene rings is 2. The second-order valence-electron chi connectivity index (χ2n) is 5.83. The maximum atomic E-state index is 13.5. The molecule has 1 aromatic heterocycles. The number of aromatic nitrogens is 1. The zero-order valence-corrected chi connectivity index (χ0v) is 17.5. The summed E-state index contributed by atoms with van der Waals surface area (Å²) in [6, 6.07) is 11.8. The molecule has 11 heteroatoms. The number of nitrogens with one attached hydrogen (secondary N) is 2. The van der Waals surface area contributed by atoms with E-state index >= 15 is 0 Å². The molecule has 2 N–H and O–H groups in total. The molecule has 2 aromatic carbocycles. The van der Waals surface area contributed by atoms with Crippen molar-refractivity contribution in [2.24, 2.45) is 0 Å². The second-order valence-corrected chi connectivity index (χ2v) is 8.24. The van der Waals surface area contributed by atoms with Crippen LogP contribution < -0.4 is 19.7 Å². The number of urea groups is 1. The minimum atomic E-state index is -1.37. The first kappa shape index (κ1) is 21.4. The summed E-state index contributed by atoms with van der Waals surface area (Å²) in [6.45, 7) is 0. The molecule has 30 heavy (non-hydrogen) atoms. The van der Waals surface area contributed by atoms with Crippen molar-refractivity contribution in [3.8, 4) is 16.9 Å². The van der Waals surface area contributed by atoms with Gasteiger partial charge in [-0.1, -0.05) is 17.4 Å². The first-order valence-electron chi connectivity index (χ1n) is 8.48. The highest BCUT2D eigenvalue weighted by Crippen LogP contribution is 2.31. The maximum absolute atomic E-state index is 13.5. The quantitative estimate of drug-likeness (QED) is 0.599. The number of nitrogens with zero attached hydrogens (tertiary/aromatic N) is 3.